The standard InChI is InChI=1S/C22H16F3N3O3S/c23-22(24,25)14-27(12-16-9-7-15(11-26)8-10-16)20(29)13-28-18-5-1-3-17-4-2-6-19(21(17)18)32(28,30)31/h1-10H,12-14H2. The molecule has 4 rings (SSSR count). The van der Waals surface area contributed by atoms with Gasteiger partial charge in [-0.1, -0.05) is 36.4 Å². The zero-order valence-corrected chi connectivity index (χ0v) is 17.3. The fourth-order valence-electron chi connectivity index (χ4n) is 3.71. The fourth-order valence-corrected chi connectivity index (χ4v) is 5.36. The molecular formula is C22H16F3N3O3S. The van der Waals surface area contributed by atoms with Gasteiger partial charge in [-0.25, -0.2) is 8.42 Å². The summed E-state index contributed by atoms with van der Waals surface area (Å²) < 4.78 is 66.5. The van der Waals surface area contributed by atoms with Crippen LogP contribution < -0.4 is 4.31 Å². The van der Waals surface area contributed by atoms with Crippen molar-refractivity contribution >= 4 is 32.4 Å². The topological polar surface area (TPSA) is 81.5 Å². The van der Waals surface area contributed by atoms with E-state index in [1.54, 1.807) is 24.3 Å². The lowest BCUT2D eigenvalue weighted by Crippen LogP contribution is -2.45. The minimum atomic E-state index is -4.67. The van der Waals surface area contributed by atoms with Gasteiger partial charge in [0.1, 0.15) is 13.1 Å². The minimum absolute atomic E-state index is 0.0212. The first kappa shape index (κ1) is 21.6. The van der Waals surface area contributed by atoms with Crippen LogP contribution in [-0.4, -0.2) is 38.5 Å². The van der Waals surface area contributed by atoms with E-state index in [9.17, 15) is 26.4 Å². The molecule has 1 aliphatic heterocycles. The maximum Gasteiger partial charge on any atom is 0.406 e. The summed E-state index contributed by atoms with van der Waals surface area (Å²) in [7, 11) is -4.08. The van der Waals surface area contributed by atoms with Crippen LogP contribution in [0.3, 0.4) is 0 Å². The molecule has 0 N–H and O–H groups in total. The number of nitriles is 1. The van der Waals surface area contributed by atoms with Gasteiger partial charge < -0.3 is 4.90 Å². The van der Waals surface area contributed by atoms with Crippen LogP contribution in [0.15, 0.2) is 65.6 Å². The number of benzene rings is 3. The van der Waals surface area contributed by atoms with Crippen molar-refractivity contribution in [3.63, 3.8) is 0 Å². The van der Waals surface area contributed by atoms with Crippen molar-refractivity contribution in [1.29, 1.82) is 5.26 Å². The Bertz CT molecular complexity index is 1340. The zero-order valence-electron chi connectivity index (χ0n) is 16.5. The second-order valence-electron chi connectivity index (χ2n) is 7.32. The highest BCUT2D eigenvalue weighted by Gasteiger charge is 2.39. The highest BCUT2D eigenvalue weighted by Crippen LogP contribution is 2.41. The Balaban J connectivity index is 1.65. The number of nitrogens with zero attached hydrogens (tertiary/aromatic N) is 3. The van der Waals surface area contributed by atoms with E-state index >= 15 is 0 Å². The van der Waals surface area contributed by atoms with Crippen LogP contribution in [-0.2, 0) is 21.4 Å². The van der Waals surface area contributed by atoms with Crippen molar-refractivity contribution in [2.75, 3.05) is 17.4 Å². The molecule has 0 radical (unpaired) electrons. The summed E-state index contributed by atoms with van der Waals surface area (Å²) in [4.78, 5) is 13.5. The monoisotopic (exact) mass is 459 g/mol. The van der Waals surface area contributed by atoms with Crippen LogP contribution in [0.2, 0.25) is 0 Å². The third kappa shape index (κ3) is 3.99. The normalized spacial score (nSPS) is 14.4. The van der Waals surface area contributed by atoms with Crippen molar-refractivity contribution in [1.82, 2.24) is 4.90 Å². The fraction of sp³-hybridized carbons (Fsp3) is 0.182. The third-order valence-electron chi connectivity index (χ3n) is 5.14. The van der Waals surface area contributed by atoms with Crippen LogP contribution in [0.25, 0.3) is 10.8 Å². The summed E-state index contributed by atoms with van der Waals surface area (Å²) in [6.45, 7) is -2.67. The number of alkyl halides is 3. The number of rotatable bonds is 5. The molecule has 0 aliphatic carbocycles. The number of carbonyl (C=O) groups excluding carboxylic acids is 1. The molecule has 0 saturated carbocycles. The number of hydrogen-bond donors (Lipinski definition) is 0. The zero-order chi connectivity index (χ0) is 23.1. The molecule has 1 amide bonds. The lowest BCUT2D eigenvalue weighted by atomic mass is 10.1. The van der Waals surface area contributed by atoms with Gasteiger partial charge >= 0.3 is 6.18 Å². The lowest BCUT2D eigenvalue weighted by molar-refractivity contribution is -0.161. The van der Waals surface area contributed by atoms with E-state index in [4.69, 9.17) is 5.26 Å². The molecule has 10 heteroatoms. The molecule has 32 heavy (non-hydrogen) atoms. The largest absolute Gasteiger partial charge is 0.406 e. The van der Waals surface area contributed by atoms with Crippen molar-refractivity contribution in [3.8, 4) is 6.07 Å². The van der Waals surface area contributed by atoms with Gasteiger partial charge in [-0.3, -0.25) is 9.10 Å². The van der Waals surface area contributed by atoms with Crippen molar-refractivity contribution < 1.29 is 26.4 Å². The second-order valence-corrected chi connectivity index (χ2v) is 9.15. The van der Waals surface area contributed by atoms with Crippen LogP contribution in [0, 0.1) is 11.3 Å². The molecule has 0 saturated heterocycles. The van der Waals surface area contributed by atoms with Crippen molar-refractivity contribution in [2.24, 2.45) is 0 Å². The number of amides is 1. The Kier molecular flexibility index (Phi) is 5.30. The predicted octanol–water partition coefficient (Wildman–Crippen LogP) is 3.81. The highest BCUT2D eigenvalue weighted by atomic mass is 32.2. The highest BCUT2D eigenvalue weighted by molar-refractivity contribution is 7.93. The molecule has 0 atom stereocenters. The van der Waals surface area contributed by atoms with Crippen LogP contribution in [0.5, 0.6) is 0 Å². The molecule has 0 bridgehead atoms. The Morgan fingerprint density at radius 1 is 1.03 bits per heavy atom. The number of carbonyl (C=O) groups is 1. The summed E-state index contributed by atoms with van der Waals surface area (Å²) >= 11 is 0. The first-order valence-electron chi connectivity index (χ1n) is 9.48. The van der Waals surface area contributed by atoms with Gasteiger partial charge in [0.25, 0.3) is 10.0 Å². The molecule has 0 unspecified atom stereocenters. The maximum atomic E-state index is 13.2. The molecule has 0 fully saturated rings. The molecule has 0 spiro atoms. The molecule has 164 valence electrons. The van der Waals surface area contributed by atoms with E-state index in [1.807, 2.05) is 6.07 Å². The second kappa shape index (κ2) is 7.84. The Morgan fingerprint density at radius 2 is 1.69 bits per heavy atom. The number of hydrogen-bond acceptors (Lipinski definition) is 4. The van der Waals surface area contributed by atoms with E-state index in [0.29, 0.717) is 26.8 Å². The van der Waals surface area contributed by atoms with E-state index < -0.39 is 35.2 Å². The molecule has 1 aliphatic rings. The minimum Gasteiger partial charge on any atom is -0.328 e. The number of sulfonamides is 1. The number of halogens is 3. The van der Waals surface area contributed by atoms with Crippen molar-refractivity contribution in [2.45, 2.75) is 17.6 Å². The molecule has 6 nitrogen and oxygen atoms in total. The summed E-state index contributed by atoms with van der Waals surface area (Å²) in [6, 6.07) is 17.3. The van der Waals surface area contributed by atoms with E-state index in [2.05, 4.69) is 0 Å². The van der Waals surface area contributed by atoms with Crippen molar-refractivity contribution in [3.05, 3.63) is 71.8 Å². The lowest BCUT2D eigenvalue weighted by Gasteiger charge is -2.27. The predicted molar refractivity (Wildman–Crippen MR) is 111 cm³/mol. The van der Waals surface area contributed by atoms with Gasteiger partial charge in [-0.15, -0.1) is 0 Å². The third-order valence-corrected chi connectivity index (χ3v) is 6.94. The van der Waals surface area contributed by atoms with Gasteiger partial charge in [0, 0.05) is 11.9 Å². The molecule has 0 aromatic heterocycles. The maximum absolute atomic E-state index is 13.2. The van der Waals surface area contributed by atoms with E-state index in [0.717, 1.165) is 4.31 Å². The summed E-state index contributed by atoms with van der Waals surface area (Å²) in [5.41, 5.74) is 0.976. The quantitative estimate of drug-likeness (QED) is 0.581. The Morgan fingerprint density at radius 3 is 2.31 bits per heavy atom. The smallest absolute Gasteiger partial charge is 0.328 e. The summed E-state index contributed by atoms with van der Waals surface area (Å²) in [6.07, 6.45) is -4.67. The SMILES string of the molecule is N#Cc1ccc(CN(CC(F)(F)F)C(=O)CN2c3cccc4cccc(c34)S2(=O)=O)cc1. The molecule has 1 heterocycles. The van der Waals surface area contributed by atoms with Gasteiger partial charge in [-0.2, -0.15) is 18.4 Å². The van der Waals surface area contributed by atoms with Gasteiger partial charge in [0.05, 0.1) is 22.2 Å². The first-order valence-corrected chi connectivity index (χ1v) is 10.9. The molecule has 3 aromatic carbocycles. The Hall–Kier alpha value is -3.58. The molecular weight excluding hydrogens is 443 g/mol. The van der Waals surface area contributed by atoms with Crippen LogP contribution >= 0.6 is 0 Å². The van der Waals surface area contributed by atoms with Gasteiger partial charge in [0.2, 0.25) is 5.91 Å². The molecule has 3 aromatic rings. The van der Waals surface area contributed by atoms with Crippen LogP contribution in [0.1, 0.15) is 11.1 Å². The van der Waals surface area contributed by atoms with Gasteiger partial charge in [0.15, 0.2) is 0 Å². The van der Waals surface area contributed by atoms with Crippen LogP contribution in [0.4, 0.5) is 18.9 Å². The van der Waals surface area contributed by atoms with E-state index in [-0.39, 0.29) is 17.1 Å². The van der Waals surface area contributed by atoms with Gasteiger partial charge in [-0.05, 0) is 35.2 Å². The van der Waals surface area contributed by atoms with E-state index in [1.165, 1.54) is 36.4 Å². The first-order chi connectivity index (χ1) is 15.1. The summed E-state index contributed by atoms with van der Waals surface area (Å²) in [5, 5.41) is 9.97. The summed E-state index contributed by atoms with van der Waals surface area (Å²) in [5.74, 6) is -0.986. The number of anilines is 1. The average molecular weight is 459 g/mol. The average Bonchev–Trinajstić information content (AvgIpc) is 2.96. The Labute approximate surface area is 182 Å².